The number of hydrogen-bond acceptors (Lipinski definition) is 4. The molecular weight excluding hydrogens is 354 g/mol. The van der Waals surface area contributed by atoms with Crippen LogP contribution in [0.4, 0.5) is 0 Å². The first kappa shape index (κ1) is 18.0. The molecule has 21 heavy (non-hydrogen) atoms. The average Bonchev–Trinajstić information content (AvgIpc) is 2.41. The fraction of sp³-hybridized carbons (Fsp3) is 0.467. The minimum Gasteiger partial charge on any atom is -0.452 e. The van der Waals surface area contributed by atoms with Gasteiger partial charge >= 0.3 is 5.97 Å². The van der Waals surface area contributed by atoms with E-state index in [2.05, 4.69) is 21.2 Å². The molecule has 0 aliphatic rings. The van der Waals surface area contributed by atoms with Gasteiger partial charge in [-0.15, -0.1) is 11.8 Å². The first-order chi connectivity index (χ1) is 9.85. The van der Waals surface area contributed by atoms with Gasteiger partial charge in [-0.2, -0.15) is 0 Å². The van der Waals surface area contributed by atoms with Crippen molar-refractivity contribution in [3.63, 3.8) is 0 Å². The predicted octanol–water partition coefficient (Wildman–Crippen LogP) is 3.23. The standard InChI is InChI=1S/C15H20BrNO3S/c1-5-17-15(19)11(4)20-14(18)8-21-13-7-9(2)12(16)6-10(13)3/h6-7,11H,5,8H2,1-4H3,(H,17,19)/t11-/m0/s1. The number of carbonyl (C=O) groups is 2. The van der Waals surface area contributed by atoms with Crippen molar-refractivity contribution in [3.8, 4) is 0 Å². The Kier molecular flexibility index (Phi) is 7.25. The van der Waals surface area contributed by atoms with E-state index in [-0.39, 0.29) is 11.7 Å². The normalized spacial score (nSPS) is 11.9. The van der Waals surface area contributed by atoms with Crippen LogP contribution in [0.5, 0.6) is 0 Å². The van der Waals surface area contributed by atoms with Gasteiger partial charge in [0.15, 0.2) is 6.10 Å². The van der Waals surface area contributed by atoms with Crippen molar-refractivity contribution >= 4 is 39.6 Å². The minimum atomic E-state index is -0.759. The van der Waals surface area contributed by atoms with E-state index in [1.807, 2.05) is 32.9 Å². The Bertz CT molecular complexity index is 534. The van der Waals surface area contributed by atoms with Gasteiger partial charge in [-0.1, -0.05) is 15.9 Å². The lowest BCUT2D eigenvalue weighted by atomic mass is 10.2. The second-order valence-corrected chi connectivity index (χ2v) is 6.55. The molecule has 0 radical (unpaired) electrons. The van der Waals surface area contributed by atoms with E-state index in [9.17, 15) is 9.59 Å². The van der Waals surface area contributed by atoms with Crippen LogP contribution in [0.15, 0.2) is 21.5 Å². The second kappa shape index (κ2) is 8.44. The number of thioether (sulfide) groups is 1. The minimum absolute atomic E-state index is 0.186. The third-order valence-electron chi connectivity index (χ3n) is 2.83. The molecule has 0 aliphatic carbocycles. The Morgan fingerprint density at radius 1 is 1.33 bits per heavy atom. The van der Waals surface area contributed by atoms with Gasteiger partial charge in [-0.25, -0.2) is 0 Å². The highest BCUT2D eigenvalue weighted by Crippen LogP contribution is 2.28. The molecule has 1 rings (SSSR count). The summed E-state index contributed by atoms with van der Waals surface area (Å²) in [7, 11) is 0. The number of hydrogen-bond donors (Lipinski definition) is 1. The largest absolute Gasteiger partial charge is 0.452 e. The molecule has 1 N–H and O–H groups in total. The van der Waals surface area contributed by atoms with E-state index < -0.39 is 12.1 Å². The highest BCUT2D eigenvalue weighted by molar-refractivity contribution is 9.10. The summed E-state index contributed by atoms with van der Waals surface area (Å²) in [4.78, 5) is 24.3. The van der Waals surface area contributed by atoms with Crippen LogP contribution < -0.4 is 5.32 Å². The lowest BCUT2D eigenvalue weighted by Gasteiger charge is -2.13. The quantitative estimate of drug-likeness (QED) is 0.614. The van der Waals surface area contributed by atoms with Crippen molar-refractivity contribution in [1.29, 1.82) is 0 Å². The SMILES string of the molecule is CCNC(=O)[C@H](C)OC(=O)CSc1cc(C)c(Br)cc1C. The average molecular weight is 374 g/mol. The van der Waals surface area contributed by atoms with E-state index in [1.54, 1.807) is 6.92 Å². The number of esters is 1. The van der Waals surface area contributed by atoms with Gasteiger partial charge in [0.25, 0.3) is 5.91 Å². The molecule has 0 aliphatic heterocycles. The van der Waals surface area contributed by atoms with Crippen molar-refractivity contribution < 1.29 is 14.3 Å². The fourth-order valence-corrected chi connectivity index (χ4v) is 3.00. The zero-order valence-electron chi connectivity index (χ0n) is 12.7. The zero-order chi connectivity index (χ0) is 16.0. The Labute approximate surface area is 138 Å². The lowest BCUT2D eigenvalue weighted by Crippen LogP contribution is -2.35. The maximum Gasteiger partial charge on any atom is 0.317 e. The van der Waals surface area contributed by atoms with Gasteiger partial charge in [-0.05, 0) is 51.0 Å². The molecule has 0 fully saturated rings. The summed E-state index contributed by atoms with van der Waals surface area (Å²) < 4.78 is 6.15. The molecule has 0 bridgehead atoms. The number of rotatable bonds is 6. The van der Waals surface area contributed by atoms with Crippen molar-refractivity contribution in [1.82, 2.24) is 5.32 Å². The van der Waals surface area contributed by atoms with Crippen LogP contribution >= 0.6 is 27.7 Å². The van der Waals surface area contributed by atoms with Gasteiger partial charge in [0.1, 0.15) is 0 Å². The Balaban J connectivity index is 2.54. The van der Waals surface area contributed by atoms with Gasteiger partial charge in [0, 0.05) is 15.9 Å². The Hall–Kier alpha value is -1.01. The molecule has 0 heterocycles. The number of ether oxygens (including phenoxy) is 1. The van der Waals surface area contributed by atoms with Gasteiger partial charge < -0.3 is 10.1 Å². The van der Waals surface area contributed by atoms with Gasteiger partial charge in [0.2, 0.25) is 0 Å². The van der Waals surface area contributed by atoms with E-state index in [1.165, 1.54) is 11.8 Å². The number of nitrogens with one attached hydrogen (secondary N) is 1. The topological polar surface area (TPSA) is 55.4 Å². The number of amides is 1. The molecule has 1 amide bonds. The monoisotopic (exact) mass is 373 g/mol. The molecule has 0 saturated carbocycles. The van der Waals surface area contributed by atoms with Crippen molar-refractivity contribution in [2.45, 2.75) is 38.7 Å². The fourth-order valence-electron chi connectivity index (χ4n) is 1.65. The summed E-state index contributed by atoms with van der Waals surface area (Å²) in [6, 6.07) is 4.06. The molecule has 4 nitrogen and oxygen atoms in total. The molecule has 1 aromatic carbocycles. The molecule has 1 atom stereocenters. The summed E-state index contributed by atoms with van der Waals surface area (Å²) in [6.45, 7) is 7.91. The van der Waals surface area contributed by atoms with Crippen LogP contribution in [0.3, 0.4) is 0 Å². The van der Waals surface area contributed by atoms with Crippen LogP contribution in [-0.2, 0) is 14.3 Å². The molecule has 0 unspecified atom stereocenters. The lowest BCUT2D eigenvalue weighted by molar-refractivity contribution is -0.152. The molecule has 0 saturated heterocycles. The second-order valence-electron chi connectivity index (χ2n) is 4.68. The smallest absolute Gasteiger partial charge is 0.317 e. The van der Waals surface area contributed by atoms with Crippen molar-refractivity contribution in [2.75, 3.05) is 12.3 Å². The van der Waals surface area contributed by atoms with E-state index >= 15 is 0 Å². The van der Waals surface area contributed by atoms with Crippen LogP contribution in [0.25, 0.3) is 0 Å². The molecule has 116 valence electrons. The predicted molar refractivity (Wildman–Crippen MR) is 88.6 cm³/mol. The summed E-state index contributed by atoms with van der Waals surface area (Å²) in [5, 5.41) is 2.62. The van der Waals surface area contributed by atoms with E-state index in [0.717, 1.165) is 20.5 Å². The number of benzene rings is 1. The maximum absolute atomic E-state index is 11.8. The van der Waals surface area contributed by atoms with Crippen LogP contribution in [-0.4, -0.2) is 30.3 Å². The molecule has 1 aromatic rings. The van der Waals surface area contributed by atoms with Crippen LogP contribution in [0.2, 0.25) is 0 Å². The summed E-state index contributed by atoms with van der Waals surface area (Å²) >= 11 is 4.90. The van der Waals surface area contributed by atoms with Crippen molar-refractivity contribution in [2.24, 2.45) is 0 Å². The number of halogens is 1. The van der Waals surface area contributed by atoms with Crippen LogP contribution in [0, 0.1) is 13.8 Å². The van der Waals surface area contributed by atoms with Crippen molar-refractivity contribution in [3.05, 3.63) is 27.7 Å². The summed E-state index contributed by atoms with van der Waals surface area (Å²) in [5.41, 5.74) is 2.22. The Morgan fingerprint density at radius 3 is 2.62 bits per heavy atom. The number of aryl methyl sites for hydroxylation is 2. The summed E-state index contributed by atoms with van der Waals surface area (Å²) in [5.74, 6) is -0.476. The van der Waals surface area contributed by atoms with Gasteiger partial charge in [-0.3, -0.25) is 9.59 Å². The van der Waals surface area contributed by atoms with Gasteiger partial charge in [0.05, 0.1) is 5.75 Å². The molecular formula is C15H20BrNO3S. The maximum atomic E-state index is 11.8. The third kappa shape index (κ3) is 5.71. The zero-order valence-corrected chi connectivity index (χ0v) is 15.1. The first-order valence-electron chi connectivity index (χ1n) is 6.71. The third-order valence-corrected chi connectivity index (χ3v) is 4.82. The van der Waals surface area contributed by atoms with E-state index in [0.29, 0.717) is 6.54 Å². The molecule has 0 aromatic heterocycles. The van der Waals surface area contributed by atoms with Crippen LogP contribution in [0.1, 0.15) is 25.0 Å². The number of likely N-dealkylation sites (N-methyl/N-ethyl adjacent to an activating group) is 1. The number of carbonyl (C=O) groups excluding carboxylic acids is 2. The molecule has 6 heteroatoms. The highest BCUT2D eigenvalue weighted by Gasteiger charge is 2.17. The Morgan fingerprint density at radius 2 is 2.00 bits per heavy atom. The van der Waals surface area contributed by atoms with E-state index in [4.69, 9.17) is 4.74 Å². The molecule has 0 spiro atoms. The summed E-state index contributed by atoms with van der Waals surface area (Å²) in [6.07, 6.45) is -0.759. The highest BCUT2D eigenvalue weighted by atomic mass is 79.9. The first-order valence-corrected chi connectivity index (χ1v) is 8.49.